The molecule has 0 atom stereocenters. The van der Waals surface area contributed by atoms with Crippen molar-refractivity contribution in [1.82, 2.24) is 25.5 Å². The molecule has 5 nitrogen and oxygen atoms in total. The number of rotatable bonds is 4. The lowest BCUT2D eigenvalue weighted by Crippen LogP contribution is -2.10. The summed E-state index contributed by atoms with van der Waals surface area (Å²) < 4.78 is 0. The van der Waals surface area contributed by atoms with Crippen molar-refractivity contribution < 1.29 is 0 Å². The minimum atomic E-state index is 0.934. The highest BCUT2D eigenvalue weighted by Crippen LogP contribution is 2.22. The van der Waals surface area contributed by atoms with Gasteiger partial charge in [-0.2, -0.15) is 5.10 Å². The number of nitrogens with zero attached hydrogens (tertiary/aromatic N) is 2. The zero-order valence-corrected chi connectivity index (χ0v) is 11.1. The van der Waals surface area contributed by atoms with Crippen LogP contribution < -0.4 is 5.32 Å². The van der Waals surface area contributed by atoms with E-state index in [-0.39, 0.29) is 0 Å². The Kier molecular flexibility index (Phi) is 3.05. The number of H-pyrrole nitrogens is 2. The van der Waals surface area contributed by atoms with Crippen molar-refractivity contribution in [3.8, 4) is 11.3 Å². The van der Waals surface area contributed by atoms with Crippen molar-refractivity contribution in [3.05, 3.63) is 35.8 Å². The number of aryl methyl sites for hydroxylation is 1. The van der Waals surface area contributed by atoms with Gasteiger partial charge in [0.2, 0.25) is 0 Å². The Morgan fingerprint density at radius 2 is 2.16 bits per heavy atom. The van der Waals surface area contributed by atoms with Gasteiger partial charge in [-0.3, -0.25) is 5.10 Å². The van der Waals surface area contributed by atoms with Crippen molar-refractivity contribution in [1.29, 1.82) is 0 Å². The maximum atomic E-state index is 4.40. The summed E-state index contributed by atoms with van der Waals surface area (Å²) in [5.41, 5.74) is 5.26. The van der Waals surface area contributed by atoms with Gasteiger partial charge in [0, 0.05) is 24.2 Å². The van der Waals surface area contributed by atoms with Crippen LogP contribution in [0.1, 0.15) is 11.5 Å². The van der Waals surface area contributed by atoms with Crippen molar-refractivity contribution in [2.75, 3.05) is 13.6 Å². The number of hydrogen-bond donors (Lipinski definition) is 3. The topological polar surface area (TPSA) is 69.4 Å². The SMILES string of the molecule is CNCCc1cc(-c2ccc3nc(C)[nH]c3c2)n[nH]1. The fourth-order valence-corrected chi connectivity index (χ4v) is 2.19. The molecule has 5 heteroatoms. The molecule has 0 saturated heterocycles. The molecule has 0 aliphatic heterocycles. The van der Waals surface area contributed by atoms with E-state index in [2.05, 4.69) is 43.7 Å². The van der Waals surface area contributed by atoms with Gasteiger partial charge < -0.3 is 10.3 Å². The number of fused-ring (bicyclic) bond motifs is 1. The molecular weight excluding hydrogens is 238 g/mol. The second-order valence-corrected chi connectivity index (χ2v) is 4.69. The summed E-state index contributed by atoms with van der Waals surface area (Å²) >= 11 is 0. The number of aromatic amines is 2. The van der Waals surface area contributed by atoms with Crippen LogP contribution >= 0.6 is 0 Å². The standard InChI is InChI=1S/C14H17N5/c1-9-16-12-4-3-10(7-14(12)17-9)13-8-11(18-19-13)5-6-15-2/h3-4,7-8,15H,5-6H2,1-2H3,(H,16,17)(H,18,19). The van der Waals surface area contributed by atoms with Crippen molar-refractivity contribution in [2.24, 2.45) is 0 Å². The van der Waals surface area contributed by atoms with E-state index in [1.165, 1.54) is 0 Å². The Labute approximate surface area is 111 Å². The lowest BCUT2D eigenvalue weighted by atomic mass is 10.1. The Morgan fingerprint density at radius 1 is 1.26 bits per heavy atom. The van der Waals surface area contributed by atoms with Gasteiger partial charge in [-0.05, 0) is 32.2 Å². The first-order chi connectivity index (χ1) is 9.26. The number of aromatic nitrogens is 4. The number of likely N-dealkylation sites (N-methyl/N-ethyl adjacent to an activating group) is 1. The molecule has 0 saturated carbocycles. The predicted octanol–water partition coefficient (Wildman–Crippen LogP) is 2.02. The van der Waals surface area contributed by atoms with Crippen molar-refractivity contribution in [3.63, 3.8) is 0 Å². The third-order valence-corrected chi connectivity index (χ3v) is 3.17. The van der Waals surface area contributed by atoms with Crippen LogP contribution in [0.25, 0.3) is 22.3 Å². The van der Waals surface area contributed by atoms with Gasteiger partial charge in [-0.15, -0.1) is 0 Å². The van der Waals surface area contributed by atoms with Crippen LogP contribution in [0.15, 0.2) is 24.3 Å². The highest BCUT2D eigenvalue weighted by Gasteiger charge is 2.06. The fraction of sp³-hybridized carbons (Fsp3) is 0.286. The third-order valence-electron chi connectivity index (χ3n) is 3.17. The van der Waals surface area contributed by atoms with Crippen LogP contribution in [0, 0.1) is 6.92 Å². The molecule has 1 aromatic carbocycles. The number of hydrogen-bond acceptors (Lipinski definition) is 3. The van der Waals surface area contributed by atoms with E-state index in [1.807, 2.05) is 20.0 Å². The first kappa shape index (κ1) is 11.9. The molecule has 2 aromatic heterocycles. The smallest absolute Gasteiger partial charge is 0.104 e. The van der Waals surface area contributed by atoms with E-state index in [4.69, 9.17) is 0 Å². The summed E-state index contributed by atoms with van der Waals surface area (Å²) in [6.45, 7) is 2.91. The van der Waals surface area contributed by atoms with Gasteiger partial charge in [0.25, 0.3) is 0 Å². The lowest BCUT2D eigenvalue weighted by Gasteiger charge is -1.96. The van der Waals surface area contributed by atoms with Crippen molar-refractivity contribution in [2.45, 2.75) is 13.3 Å². The summed E-state index contributed by atoms with van der Waals surface area (Å²) in [6.07, 6.45) is 0.953. The number of nitrogens with one attached hydrogen (secondary N) is 3. The van der Waals surface area contributed by atoms with Gasteiger partial charge >= 0.3 is 0 Å². The van der Waals surface area contributed by atoms with Gasteiger partial charge in [-0.25, -0.2) is 4.98 Å². The van der Waals surface area contributed by atoms with E-state index in [0.29, 0.717) is 0 Å². The number of benzene rings is 1. The monoisotopic (exact) mass is 255 g/mol. The molecule has 2 heterocycles. The first-order valence-corrected chi connectivity index (χ1v) is 6.42. The Balaban J connectivity index is 1.92. The normalized spacial score (nSPS) is 11.3. The summed E-state index contributed by atoms with van der Waals surface area (Å²) in [7, 11) is 1.95. The summed E-state index contributed by atoms with van der Waals surface area (Å²) in [6, 6.07) is 8.27. The second-order valence-electron chi connectivity index (χ2n) is 4.69. The molecule has 0 spiro atoms. The molecule has 0 radical (unpaired) electrons. The first-order valence-electron chi connectivity index (χ1n) is 6.42. The Hall–Kier alpha value is -2.14. The summed E-state index contributed by atoms with van der Waals surface area (Å²) in [4.78, 5) is 7.65. The van der Waals surface area contributed by atoms with Crippen LogP contribution in [0.2, 0.25) is 0 Å². The average molecular weight is 255 g/mol. The van der Waals surface area contributed by atoms with Crippen LogP contribution in [0.5, 0.6) is 0 Å². The number of imidazole rings is 1. The Morgan fingerprint density at radius 3 is 3.00 bits per heavy atom. The van der Waals surface area contributed by atoms with Gasteiger partial charge in [-0.1, -0.05) is 6.07 Å². The molecule has 0 unspecified atom stereocenters. The van der Waals surface area contributed by atoms with Crippen LogP contribution in [-0.4, -0.2) is 33.8 Å². The van der Waals surface area contributed by atoms with E-state index in [1.54, 1.807) is 0 Å². The lowest BCUT2D eigenvalue weighted by molar-refractivity contribution is 0.772. The molecule has 3 aromatic rings. The Bertz CT molecular complexity index is 695. The second kappa shape index (κ2) is 4.85. The molecule has 0 aliphatic carbocycles. The molecule has 0 bridgehead atoms. The van der Waals surface area contributed by atoms with Gasteiger partial charge in [0.15, 0.2) is 0 Å². The molecular formula is C14H17N5. The third kappa shape index (κ3) is 2.37. The molecule has 0 fully saturated rings. The van der Waals surface area contributed by atoms with E-state index in [0.717, 1.165) is 46.8 Å². The quantitative estimate of drug-likeness (QED) is 0.668. The maximum absolute atomic E-state index is 4.40. The zero-order chi connectivity index (χ0) is 13.2. The van der Waals surface area contributed by atoms with Crippen molar-refractivity contribution >= 4 is 11.0 Å². The van der Waals surface area contributed by atoms with Gasteiger partial charge in [0.1, 0.15) is 5.82 Å². The van der Waals surface area contributed by atoms with Gasteiger partial charge in [0.05, 0.1) is 16.7 Å². The van der Waals surface area contributed by atoms with Crippen LogP contribution in [-0.2, 0) is 6.42 Å². The van der Waals surface area contributed by atoms with E-state index < -0.39 is 0 Å². The maximum Gasteiger partial charge on any atom is 0.104 e. The van der Waals surface area contributed by atoms with E-state index in [9.17, 15) is 0 Å². The minimum absolute atomic E-state index is 0.934. The molecule has 3 N–H and O–H groups in total. The molecule has 0 amide bonds. The zero-order valence-electron chi connectivity index (χ0n) is 11.1. The molecule has 3 rings (SSSR count). The largest absolute Gasteiger partial charge is 0.342 e. The minimum Gasteiger partial charge on any atom is -0.342 e. The highest BCUT2D eigenvalue weighted by molar-refractivity contribution is 5.81. The fourth-order valence-electron chi connectivity index (χ4n) is 2.19. The van der Waals surface area contributed by atoms with E-state index >= 15 is 0 Å². The molecule has 98 valence electrons. The molecule has 19 heavy (non-hydrogen) atoms. The summed E-state index contributed by atoms with van der Waals surface area (Å²) in [5.74, 6) is 0.934. The average Bonchev–Trinajstić information content (AvgIpc) is 3.00. The van der Waals surface area contributed by atoms with Crippen LogP contribution in [0.3, 0.4) is 0 Å². The van der Waals surface area contributed by atoms with Crippen LogP contribution in [0.4, 0.5) is 0 Å². The predicted molar refractivity (Wildman–Crippen MR) is 76.0 cm³/mol. The molecule has 0 aliphatic rings. The summed E-state index contributed by atoms with van der Waals surface area (Å²) in [5, 5.41) is 10.6. The highest BCUT2D eigenvalue weighted by atomic mass is 15.1.